The maximum absolute atomic E-state index is 12.8. The lowest BCUT2D eigenvalue weighted by Crippen LogP contribution is -2.41. The van der Waals surface area contributed by atoms with E-state index in [-0.39, 0.29) is 12.8 Å². The molecule has 0 spiro atoms. The molecule has 1 heterocycles. The molecule has 142 valence electrons. The third kappa shape index (κ3) is 2.79. The molecule has 1 aromatic carbocycles. The van der Waals surface area contributed by atoms with E-state index in [0.717, 1.165) is 5.56 Å². The van der Waals surface area contributed by atoms with Crippen LogP contribution in [-0.4, -0.2) is 39.2 Å². The van der Waals surface area contributed by atoms with E-state index in [1.165, 1.54) is 27.6 Å². The van der Waals surface area contributed by atoms with Crippen LogP contribution in [0.3, 0.4) is 0 Å². The minimum Gasteiger partial charge on any atom is -0.468 e. The van der Waals surface area contributed by atoms with Gasteiger partial charge in [-0.3, -0.25) is 14.4 Å². The summed E-state index contributed by atoms with van der Waals surface area (Å²) in [5, 5.41) is 0. The van der Waals surface area contributed by atoms with Crippen LogP contribution in [0.1, 0.15) is 18.4 Å². The highest BCUT2D eigenvalue weighted by molar-refractivity contribution is 6.03. The van der Waals surface area contributed by atoms with Crippen molar-refractivity contribution in [2.24, 2.45) is 10.8 Å². The van der Waals surface area contributed by atoms with Gasteiger partial charge in [-0.2, -0.15) is 0 Å². The molecule has 1 atom stereocenters. The molecule has 7 heteroatoms. The number of rotatable bonds is 4. The van der Waals surface area contributed by atoms with Crippen molar-refractivity contribution in [3.63, 3.8) is 0 Å². The molecule has 0 amide bonds. The Kier molecular flexibility index (Phi) is 4.78. The van der Waals surface area contributed by atoms with Crippen LogP contribution in [-0.2, 0) is 33.3 Å². The Morgan fingerprint density at radius 1 is 0.926 bits per heavy atom. The molecule has 27 heavy (non-hydrogen) atoms. The highest BCUT2D eigenvalue weighted by Crippen LogP contribution is 2.58. The van der Waals surface area contributed by atoms with Gasteiger partial charge in [0.05, 0.1) is 27.6 Å². The van der Waals surface area contributed by atoms with E-state index in [9.17, 15) is 14.4 Å². The summed E-state index contributed by atoms with van der Waals surface area (Å²) >= 11 is 0. The minimum absolute atomic E-state index is 0.0555. The molecule has 0 radical (unpaired) electrons. The maximum Gasteiger partial charge on any atom is 0.323 e. The molecule has 0 N–H and O–H groups in total. The largest absolute Gasteiger partial charge is 0.468 e. The number of carbonyl (C=O) groups excluding carboxylic acids is 3. The topological polar surface area (TPSA) is 88.1 Å². The van der Waals surface area contributed by atoms with Gasteiger partial charge in [0.15, 0.2) is 5.41 Å². The second-order valence-corrected chi connectivity index (χ2v) is 6.52. The molecule has 3 rings (SSSR count). The molecule has 7 nitrogen and oxygen atoms in total. The third-order valence-electron chi connectivity index (χ3n) is 5.11. The van der Waals surface area contributed by atoms with Crippen molar-refractivity contribution >= 4 is 23.7 Å². The maximum atomic E-state index is 12.8. The van der Waals surface area contributed by atoms with Crippen LogP contribution in [0, 0.1) is 10.8 Å². The summed E-state index contributed by atoms with van der Waals surface area (Å²) < 4.78 is 20.4. The van der Waals surface area contributed by atoms with Crippen LogP contribution in [0.2, 0.25) is 0 Å². The van der Waals surface area contributed by atoms with E-state index in [4.69, 9.17) is 18.9 Å². The second-order valence-electron chi connectivity index (χ2n) is 6.52. The molecule has 1 fully saturated rings. The lowest BCUT2D eigenvalue weighted by molar-refractivity contribution is -0.169. The quantitative estimate of drug-likeness (QED) is 0.455. The monoisotopic (exact) mass is 372 g/mol. The number of benzene rings is 1. The smallest absolute Gasteiger partial charge is 0.323 e. The van der Waals surface area contributed by atoms with E-state index >= 15 is 0 Å². The van der Waals surface area contributed by atoms with Gasteiger partial charge in [-0.25, -0.2) is 0 Å². The number of ether oxygens (including phenoxy) is 4. The van der Waals surface area contributed by atoms with Crippen molar-refractivity contribution in [1.29, 1.82) is 0 Å². The summed E-state index contributed by atoms with van der Waals surface area (Å²) in [6.07, 6.45) is 2.81. The molecule has 1 saturated carbocycles. The molecule has 0 aromatic heterocycles. The van der Waals surface area contributed by atoms with Crippen LogP contribution in [0.4, 0.5) is 0 Å². The molecule has 2 aliphatic rings. The van der Waals surface area contributed by atoms with E-state index < -0.39 is 28.7 Å². The Balaban J connectivity index is 2.14. The normalized spacial score (nSPS) is 22.5. The van der Waals surface area contributed by atoms with Gasteiger partial charge in [0, 0.05) is 5.56 Å². The Bertz CT molecular complexity index is 821. The first-order chi connectivity index (χ1) is 12.9. The molecule has 1 aliphatic heterocycles. The van der Waals surface area contributed by atoms with Crippen molar-refractivity contribution < 1.29 is 33.3 Å². The molecular formula is C20H20O7. The Morgan fingerprint density at radius 2 is 1.52 bits per heavy atom. The standard InChI is InChI=1S/C20H20O7/c1-24-16(21)19-10-15(13-7-5-4-6-8-13)27-11-14(19)9-20(12-19,17(22)25-2)18(23)26-3/h4-8,10-11H,9,12H2,1-3H3. The SMILES string of the molecule is COC(=O)C12C=C(c3ccccc3)OC=C1CC(C(=O)OC)(C(=O)OC)C2. The van der Waals surface area contributed by atoms with E-state index in [1.54, 1.807) is 6.08 Å². The number of carbonyl (C=O) groups is 3. The van der Waals surface area contributed by atoms with Gasteiger partial charge < -0.3 is 18.9 Å². The zero-order chi connectivity index (χ0) is 19.7. The van der Waals surface area contributed by atoms with E-state index in [2.05, 4.69) is 0 Å². The lowest BCUT2D eigenvalue weighted by Gasteiger charge is -2.29. The van der Waals surface area contributed by atoms with Gasteiger partial charge in [-0.15, -0.1) is 0 Å². The van der Waals surface area contributed by atoms with Crippen molar-refractivity contribution in [1.82, 2.24) is 0 Å². The van der Waals surface area contributed by atoms with Crippen molar-refractivity contribution in [2.45, 2.75) is 12.8 Å². The fourth-order valence-electron chi connectivity index (χ4n) is 3.78. The van der Waals surface area contributed by atoms with Gasteiger partial charge >= 0.3 is 17.9 Å². The summed E-state index contributed by atoms with van der Waals surface area (Å²) in [6.45, 7) is 0. The number of hydrogen-bond donors (Lipinski definition) is 0. The van der Waals surface area contributed by atoms with E-state index in [0.29, 0.717) is 11.3 Å². The lowest BCUT2D eigenvalue weighted by atomic mass is 9.77. The zero-order valence-corrected chi connectivity index (χ0v) is 15.3. The zero-order valence-electron chi connectivity index (χ0n) is 15.3. The van der Waals surface area contributed by atoms with Gasteiger partial charge in [0.2, 0.25) is 0 Å². The number of hydrogen-bond acceptors (Lipinski definition) is 7. The Morgan fingerprint density at radius 3 is 2.07 bits per heavy atom. The van der Waals surface area contributed by atoms with Crippen LogP contribution >= 0.6 is 0 Å². The molecule has 1 unspecified atom stereocenters. The van der Waals surface area contributed by atoms with Crippen molar-refractivity contribution in [3.8, 4) is 0 Å². The fourth-order valence-corrected chi connectivity index (χ4v) is 3.78. The fraction of sp³-hybridized carbons (Fsp3) is 0.350. The number of esters is 3. The first-order valence-corrected chi connectivity index (χ1v) is 8.33. The van der Waals surface area contributed by atoms with Crippen molar-refractivity contribution in [2.75, 3.05) is 21.3 Å². The highest BCUT2D eigenvalue weighted by Gasteiger charge is 2.65. The summed E-state index contributed by atoms with van der Waals surface area (Å²) in [7, 11) is 3.64. The second kappa shape index (κ2) is 6.90. The summed E-state index contributed by atoms with van der Waals surface area (Å²) in [5.41, 5.74) is -1.75. The van der Waals surface area contributed by atoms with Gasteiger partial charge in [0.25, 0.3) is 0 Å². The molecule has 0 saturated heterocycles. The minimum atomic E-state index is -1.64. The summed E-state index contributed by atoms with van der Waals surface area (Å²) in [5.74, 6) is -1.67. The summed E-state index contributed by atoms with van der Waals surface area (Å²) in [6, 6.07) is 9.20. The van der Waals surface area contributed by atoms with Crippen LogP contribution in [0.15, 0.2) is 48.2 Å². The number of fused-ring (bicyclic) bond motifs is 1. The van der Waals surface area contributed by atoms with Crippen molar-refractivity contribution in [3.05, 3.63) is 53.8 Å². The Hall–Kier alpha value is -3.09. The molecular weight excluding hydrogens is 352 g/mol. The average Bonchev–Trinajstić information content (AvgIpc) is 3.09. The van der Waals surface area contributed by atoms with Crippen LogP contribution in [0.5, 0.6) is 0 Å². The first kappa shape index (κ1) is 18.7. The van der Waals surface area contributed by atoms with E-state index in [1.807, 2.05) is 30.3 Å². The Labute approximate surface area is 156 Å². The van der Waals surface area contributed by atoms with Gasteiger partial charge in [0.1, 0.15) is 11.2 Å². The van der Waals surface area contributed by atoms with Gasteiger partial charge in [-0.1, -0.05) is 30.3 Å². The average molecular weight is 372 g/mol. The molecule has 1 aliphatic carbocycles. The predicted molar refractivity (Wildman–Crippen MR) is 93.7 cm³/mol. The third-order valence-corrected chi connectivity index (χ3v) is 5.11. The first-order valence-electron chi connectivity index (χ1n) is 8.33. The molecule has 1 aromatic rings. The van der Waals surface area contributed by atoms with Crippen LogP contribution in [0.25, 0.3) is 5.76 Å². The van der Waals surface area contributed by atoms with Gasteiger partial charge in [-0.05, 0) is 24.5 Å². The van der Waals surface area contributed by atoms with Crippen LogP contribution < -0.4 is 0 Å². The predicted octanol–water partition coefficient (Wildman–Crippen LogP) is 2.23. The number of methoxy groups -OCH3 is 3. The summed E-state index contributed by atoms with van der Waals surface area (Å²) in [4.78, 5) is 37.8. The molecule has 0 bridgehead atoms. The highest BCUT2D eigenvalue weighted by atomic mass is 16.5.